The van der Waals surface area contributed by atoms with Crippen molar-refractivity contribution in [1.29, 1.82) is 0 Å². The van der Waals surface area contributed by atoms with Crippen LogP contribution >= 0.6 is 11.6 Å². The van der Waals surface area contributed by atoms with Crippen molar-refractivity contribution in [3.63, 3.8) is 0 Å². The molecule has 0 radical (unpaired) electrons. The van der Waals surface area contributed by atoms with Gasteiger partial charge in [-0.1, -0.05) is 11.6 Å². The van der Waals surface area contributed by atoms with E-state index < -0.39 is 52.1 Å². The molecule has 7 nitrogen and oxygen atoms in total. The molecule has 0 saturated carbocycles. The number of ether oxygens (including phenoxy) is 1. The van der Waals surface area contributed by atoms with Crippen LogP contribution in [0.1, 0.15) is 70.3 Å². The van der Waals surface area contributed by atoms with E-state index in [4.69, 9.17) is 16.3 Å². The van der Waals surface area contributed by atoms with Crippen molar-refractivity contribution in [1.82, 2.24) is 4.90 Å². The Labute approximate surface area is 201 Å². The average Bonchev–Trinajstić information content (AvgIpc) is 2.77. The molecule has 1 amide bonds. The van der Waals surface area contributed by atoms with Crippen molar-refractivity contribution in [2.24, 2.45) is 5.92 Å². The number of halogens is 2. The molecule has 9 heteroatoms. The fourth-order valence-corrected chi connectivity index (χ4v) is 3.91. The number of ketones is 2. The number of carbonyl (C=O) groups excluding carboxylic acids is 3. The lowest BCUT2D eigenvalue weighted by Crippen LogP contribution is -2.43. The van der Waals surface area contributed by atoms with Crippen LogP contribution in [0.15, 0.2) is 36.4 Å². The predicted molar refractivity (Wildman–Crippen MR) is 123 cm³/mol. The van der Waals surface area contributed by atoms with Crippen molar-refractivity contribution in [3.05, 3.63) is 69.5 Å². The third-order valence-corrected chi connectivity index (χ3v) is 5.71. The molecule has 0 spiro atoms. The van der Waals surface area contributed by atoms with Crippen LogP contribution in [0, 0.1) is 11.7 Å². The normalized spacial score (nSPS) is 14.6. The Hall–Kier alpha value is -3.26. The molecule has 0 atom stereocenters. The summed E-state index contributed by atoms with van der Waals surface area (Å²) in [6.45, 7) is 5.85. The Morgan fingerprint density at radius 1 is 1.03 bits per heavy atom. The molecule has 0 aromatic heterocycles. The van der Waals surface area contributed by atoms with Gasteiger partial charge in [-0.05, 0) is 70.0 Å². The third kappa shape index (κ3) is 5.80. The lowest BCUT2D eigenvalue weighted by molar-refractivity contribution is 0.0182. The van der Waals surface area contributed by atoms with E-state index in [9.17, 15) is 24.3 Å². The van der Waals surface area contributed by atoms with E-state index >= 15 is 4.39 Å². The van der Waals surface area contributed by atoms with Gasteiger partial charge in [0.15, 0.2) is 11.6 Å². The standard InChI is InChI=1S/C25H25ClFNO6/c1-25(2,3)34-24(33)28-10-8-15(9-11-28)21(29)16-12-18(23(31)32)20(19(27)13-16)22(30)14-4-6-17(26)7-5-14/h4-7,12-13,15H,8-11H2,1-3H3,(H,31,32). The predicted octanol–water partition coefficient (Wildman–Crippen LogP) is 5.24. The van der Waals surface area contributed by atoms with E-state index in [1.807, 2.05) is 0 Å². The van der Waals surface area contributed by atoms with E-state index in [1.165, 1.54) is 29.2 Å². The van der Waals surface area contributed by atoms with Gasteiger partial charge in [0, 0.05) is 35.2 Å². The smallest absolute Gasteiger partial charge is 0.410 e. The Bertz CT molecular complexity index is 1130. The minimum absolute atomic E-state index is 0.0689. The quantitative estimate of drug-likeness (QED) is 0.576. The average molecular weight is 490 g/mol. The lowest BCUT2D eigenvalue weighted by atomic mass is 9.87. The van der Waals surface area contributed by atoms with E-state index in [1.54, 1.807) is 20.8 Å². The Balaban J connectivity index is 1.81. The van der Waals surface area contributed by atoms with E-state index in [-0.39, 0.29) is 24.2 Å². The first kappa shape index (κ1) is 25.4. The molecule has 1 fully saturated rings. The summed E-state index contributed by atoms with van der Waals surface area (Å²) in [4.78, 5) is 51.4. The molecule has 0 unspecified atom stereocenters. The molecule has 1 N–H and O–H groups in total. The van der Waals surface area contributed by atoms with Crippen molar-refractivity contribution < 1.29 is 33.4 Å². The number of benzene rings is 2. The SMILES string of the molecule is CC(C)(C)OC(=O)N1CCC(C(=O)c2cc(F)c(C(=O)c3ccc(Cl)cc3)c(C(=O)O)c2)CC1. The van der Waals surface area contributed by atoms with Gasteiger partial charge in [0.1, 0.15) is 11.4 Å². The molecule has 1 saturated heterocycles. The molecule has 34 heavy (non-hydrogen) atoms. The maximum absolute atomic E-state index is 15.0. The molecule has 1 aliphatic heterocycles. The molecule has 2 aromatic carbocycles. The number of amides is 1. The summed E-state index contributed by atoms with van der Waals surface area (Å²) < 4.78 is 20.3. The molecule has 0 bridgehead atoms. The number of aromatic carboxylic acids is 1. The number of hydrogen-bond acceptors (Lipinski definition) is 5. The number of carboxylic acid groups (broad SMARTS) is 1. The van der Waals surface area contributed by atoms with Crippen molar-refractivity contribution in [3.8, 4) is 0 Å². The van der Waals surface area contributed by atoms with Crippen LogP contribution < -0.4 is 0 Å². The summed E-state index contributed by atoms with van der Waals surface area (Å²) in [6, 6.07) is 7.55. The van der Waals surface area contributed by atoms with Crippen LogP contribution in [0.5, 0.6) is 0 Å². The summed E-state index contributed by atoms with van der Waals surface area (Å²) in [6.07, 6.45) is 0.184. The molecule has 2 aromatic rings. The first-order valence-corrected chi connectivity index (χ1v) is 11.1. The van der Waals surface area contributed by atoms with Crippen molar-refractivity contribution in [2.75, 3.05) is 13.1 Å². The second-order valence-electron chi connectivity index (χ2n) is 9.13. The van der Waals surface area contributed by atoms with Gasteiger partial charge in [-0.15, -0.1) is 0 Å². The van der Waals surface area contributed by atoms with E-state index in [0.29, 0.717) is 17.9 Å². The summed E-state index contributed by atoms with van der Waals surface area (Å²) in [5.74, 6) is -4.38. The summed E-state index contributed by atoms with van der Waals surface area (Å²) in [5, 5.41) is 10.00. The first-order chi connectivity index (χ1) is 15.9. The first-order valence-electron chi connectivity index (χ1n) is 10.8. The Morgan fingerprint density at radius 2 is 1.62 bits per heavy atom. The van der Waals surface area contributed by atoms with Gasteiger partial charge >= 0.3 is 12.1 Å². The Morgan fingerprint density at radius 3 is 2.15 bits per heavy atom. The van der Waals surface area contributed by atoms with Crippen molar-refractivity contribution in [2.45, 2.75) is 39.2 Å². The summed E-state index contributed by atoms with van der Waals surface area (Å²) in [5.41, 5.74) is -1.90. The third-order valence-electron chi connectivity index (χ3n) is 5.46. The lowest BCUT2D eigenvalue weighted by Gasteiger charge is -2.33. The highest BCUT2D eigenvalue weighted by Gasteiger charge is 2.32. The van der Waals surface area contributed by atoms with Crippen LogP contribution in [-0.4, -0.2) is 52.3 Å². The van der Waals surface area contributed by atoms with Gasteiger partial charge in [-0.2, -0.15) is 0 Å². The van der Waals surface area contributed by atoms with E-state index in [0.717, 1.165) is 12.1 Å². The highest BCUT2D eigenvalue weighted by atomic mass is 35.5. The number of piperidine rings is 1. The van der Waals surface area contributed by atoms with Gasteiger partial charge in [0.05, 0.1) is 11.1 Å². The summed E-state index contributed by atoms with van der Waals surface area (Å²) in [7, 11) is 0. The largest absolute Gasteiger partial charge is 0.478 e. The maximum atomic E-state index is 15.0. The molecular weight excluding hydrogens is 465 g/mol. The van der Waals surface area contributed by atoms with Gasteiger partial charge < -0.3 is 14.7 Å². The highest BCUT2D eigenvalue weighted by Crippen LogP contribution is 2.27. The van der Waals surface area contributed by atoms with Gasteiger partial charge in [-0.3, -0.25) is 9.59 Å². The zero-order valence-electron chi connectivity index (χ0n) is 19.1. The van der Waals surface area contributed by atoms with Crippen LogP contribution in [0.3, 0.4) is 0 Å². The molecule has 180 valence electrons. The number of likely N-dealkylation sites (tertiary alicyclic amines) is 1. The number of carbonyl (C=O) groups is 4. The van der Waals surface area contributed by atoms with Gasteiger partial charge in [0.25, 0.3) is 0 Å². The fraction of sp³-hybridized carbons (Fsp3) is 0.360. The molecular formula is C25H25ClFNO6. The van der Waals surface area contributed by atoms with Gasteiger partial charge in [-0.25, -0.2) is 14.0 Å². The topological polar surface area (TPSA) is 101 Å². The summed E-state index contributed by atoms with van der Waals surface area (Å²) >= 11 is 5.81. The Kier molecular flexibility index (Phi) is 7.41. The number of hydrogen-bond donors (Lipinski definition) is 1. The maximum Gasteiger partial charge on any atom is 0.410 e. The second-order valence-corrected chi connectivity index (χ2v) is 9.56. The van der Waals surface area contributed by atoms with Crippen LogP contribution in [0.25, 0.3) is 0 Å². The minimum Gasteiger partial charge on any atom is -0.478 e. The molecule has 1 heterocycles. The number of nitrogens with zero attached hydrogens (tertiary/aromatic N) is 1. The number of Topliss-reactive ketones (excluding diaryl/α,β-unsaturated/α-hetero) is 1. The van der Waals surface area contributed by atoms with Gasteiger partial charge in [0.2, 0.25) is 0 Å². The molecule has 3 rings (SSSR count). The fourth-order valence-electron chi connectivity index (χ4n) is 3.78. The van der Waals surface area contributed by atoms with Crippen LogP contribution in [0.2, 0.25) is 5.02 Å². The minimum atomic E-state index is -1.52. The number of carboxylic acids is 1. The van der Waals surface area contributed by atoms with Crippen LogP contribution in [-0.2, 0) is 4.74 Å². The zero-order chi connectivity index (χ0) is 25.2. The second kappa shape index (κ2) is 9.93. The highest BCUT2D eigenvalue weighted by molar-refractivity contribution is 6.30. The zero-order valence-corrected chi connectivity index (χ0v) is 19.8. The molecule has 1 aliphatic rings. The van der Waals surface area contributed by atoms with E-state index in [2.05, 4.69) is 0 Å². The van der Waals surface area contributed by atoms with Crippen LogP contribution in [0.4, 0.5) is 9.18 Å². The van der Waals surface area contributed by atoms with Crippen molar-refractivity contribution >= 4 is 35.2 Å². The molecule has 0 aliphatic carbocycles. The monoisotopic (exact) mass is 489 g/mol. The number of rotatable bonds is 5.